The van der Waals surface area contributed by atoms with Crippen LogP contribution in [0.1, 0.15) is 20.8 Å². The van der Waals surface area contributed by atoms with Crippen molar-refractivity contribution in [1.29, 1.82) is 0 Å². The number of hydrogen-bond acceptors (Lipinski definition) is 6. The highest BCUT2D eigenvalue weighted by atomic mass is 16.6. The minimum atomic E-state index is -1.40. The van der Waals surface area contributed by atoms with E-state index in [1.165, 1.54) is 24.3 Å². The van der Waals surface area contributed by atoms with Gasteiger partial charge in [0.05, 0.1) is 21.7 Å². The number of benzene rings is 2. The first-order chi connectivity index (χ1) is 12.7. The zero-order valence-corrected chi connectivity index (χ0v) is 15.1. The number of hydrogen-bond donors (Lipinski definition) is 0. The van der Waals surface area contributed by atoms with Crippen molar-refractivity contribution >= 4 is 28.9 Å². The molecule has 2 aromatic rings. The number of anilines is 1. The number of para-hydroxylation sites is 1. The van der Waals surface area contributed by atoms with Gasteiger partial charge in [-0.05, 0) is 45.0 Å². The van der Waals surface area contributed by atoms with Crippen LogP contribution in [0, 0.1) is 15.5 Å². The molecule has 27 heavy (non-hydrogen) atoms. The molecule has 8 heteroatoms. The fourth-order valence-corrected chi connectivity index (χ4v) is 2.84. The van der Waals surface area contributed by atoms with Gasteiger partial charge in [-0.2, -0.15) is 10.2 Å². The maximum absolute atomic E-state index is 13.1. The van der Waals surface area contributed by atoms with Gasteiger partial charge in [-0.15, -0.1) is 0 Å². The number of nitro groups is 1. The van der Waals surface area contributed by atoms with Crippen LogP contribution < -0.4 is 4.90 Å². The second-order valence-electron chi connectivity index (χ2n) is 6.95. The molecule has 1 fully saturated rings. The quantitative estimate of drug-likeness (QED) is 0.352. The maximum Gasteiger partial charge on any atom is 0.269 e. The molecule has 0 aliphatic carbocycles. The van der Waals surface area contributed by atoms with Gasteiger partial charge in [-0.1, -0.05) is 18.2 Å². The molecule has 1 aliphatic rings. The molecule has 2 amide bonds. The van der Waals surface area contributed by atoms with Crippen molar-refractivity contribution in [3.05, 3.63) is 64.7 Å². The van der Waals surface area contributed by atoms with Crippen LogP contribution in [0.15, 0.2) is 64.8 Å². The van der Waals surface area contributed by atoms with Crippen molar-refractivity contribution in [2.45, 2.75) is 26.3 Å². The van der Waals surface area contributed by atoms with Gasteiger partial charge in [-0.25, -0.2) is 4.90 Å². The number of imide groups is 1. The standard InChI is InChI=1S/C19H18N4O4/c1-18(2)16(24)22(14-7-5-4-6-8-14)17(25)19(18,3)21-20-13-9-11-15(12-10-13)23(26)27/h4-12H,1-3H3. The zero-order valence-electron chi connectivity index (χ0n) is 15.1. The van der Waals surface area contributed by atoms with E-state index >= 15 is 0 Å². The number of azo groups is 1. The molecule has 0 radical (unpaired) electrons. The fourth-order valence-electron chi connectivity index (χ4n) is 2.84. The molecule has 1 saturated heterocycles. The van der Waals surface area contributed by atoms with E-state index in [1.54, 1.807) is 51.1 Å². The molecule has 1 atom stereocenters. The van der Waals surface area contributed by atoms with Gasteiger partial charge in [0.15, 0.2) is 5.54 Å². The van der Waals surface area contributed by atoms with Crippen molar-refractivity contribution in [1.82, 2.24) is 0 Å². The number of amides is 2. The minimum absolute atomic E-state index is 0.0668. The van der Waals surface area contributed by atoms with Crippen LogP contribution in [-0.4, -0.2) is 22.3 Å². The van der Waals surface area contributed by atoms with E-state index in [2.05, 4.69) is 10.2 Å². The van der Waals surface area contributed by atoms with E-state index in [4.69, 9.17) is 0 Å². The Hall–Kier alpha value is -3.42. The minimum Gasteiger partial charge on any atom is -0.273 e. The Balaban J connectivity index is 1.96. The average Bonchev–Trinajstić information content (AvgIpc) is 2.79. The van der Waals surface area contributed by atoms with Gasteiger partial charge < -0.3 is 0 Å². The van der Waals surface area contributed by atoms with Gasteiger partial charge in [0, 0.05) is 12.1 Å². The molecular formula is C19H18N4O4. The van der Waals surface area contributed by atoms with E-state index in [1.807, 2.05) is 0 Å². The van der Waals surface area contributed by atoms with Crippen LogP contribution in [-0.2, 0) is 9.59 Å². The molecule has 138 valence electrons. The molecule has 1 unspecified atom stereocenters. The fraction of sp³-hybridized carbons (Fsp3) is 0.263. The molecule has 1 heterocycles. The van der Waals surface area contributed by atoms with E-state index < -0.39 is 21.8 Å². The van der Waals surface area contributed by atoms with Gasteiger partial charge >= 0.3 is 0 Å². The summed E-state index contributed by atoms with van der Waals surface area (Å²) in [5, 5.41) is 19.0. The summed E-state index contributed by atoms with van der Waals surface area (Å²) in [6, 6.07) is 14.2. The first-order valence-corrected chi connectivity index (χ1v) is 8.30. The highest BCUT2D eigenvalue weighted by molar-refractivity contribution is 6.26. The molecule has 3 rings (SSSR count). The van der Waals surface area contributed by atoms with E-state index in [-0.39, 0.29) is 11.6 Å². The Kier molecular flexibility index (Phi) is 4.35. The second kappa shape index (κ2) is 6.39. The third-order valence-corrected chi connectivity index (χ3v) is 5.01. The topological polar surface area (TPSA) is 105 Å². The first-order valence-electron chi connectivity index (χ1n) is 8.30. The molecule has 0 bridgehead atoms. The summed E-state index contributed by atoms with van der Waals surface area (Å²) in [6.07, 6.45) is 0. The summed E-state index contributed by atoms with van der Waals surface area (Å²) in [7, 11) is 0. The summed E-state index contributed by atoms with van der Waals surface area (Å²) >= 11 is 0. The van der Waals surface area contributed by atoms with E-state index in [0.29, 0.717) is 11.4 Å². The van der Waals surface area contributed by atoms with Crippen molar-refractivity contribution < 1.29 is 14.5 Å². The molecular weight excluding hydrogens is 348 g/mol. The largest absolute Gasteiger partial charge is 0.273 e. The molecule has 0 aromatic heterocycles. The number of carbonyl (C=O) groups is 2. The van der Waals surface area contributed by atoms with Gasteiger partial charge in [0.25, 0.3) is 11.6 Å². The first kappa shape index (κ1) is 18.4. The normalized spacial score (nSPS) is 21.8. The van der Waals surface area contributed by atoms with E-state index in [9.17, 15) is 19.7 Å². The van der Waals surface area contributed by atoms with Crippen molar-refractivity contribution in [3.63, 3.8) is 0 Å². The predicted molar refractivity (Wildman–Crippen MR) is 98.7 cm³/mol. The van der Waals surface area contributed by atoms with Crippen LogP contribution >= 0.6 is 0 Å². The highest BCUT2D eigenvalue weighted by Gasteiger charge is 2.63. The van der Waals surface area contributed by atoms with Crippen LogP contribution in [0.25, 0.3) is 0 Å². The molecule has 2 aromatic carbocycles. The predicted octanol–water partition coefficient (Wildman–Crippen LogP) is 4.04. The summed E-state index contributed by atoms with van der Waals surface area (Å²) in [6.45, 7) is 4.89. The van der Waals surface area contributed by atoms with Gasteiger partial charge in [0.2, 0.25) is 5.91 Å². The Labute approximate surface area is 155 Å². The zero-order chi connectivity index (χ0) is 19.8. The number of carbonyl (C=O) groups excluding carboxylic acids is 2. The lowest BCUT2D eigenvalue weighted by Gasteiger charge is -2.27. The van der Waals surface area contributed by atoms with Crippen molar-refractivity contribution in [2.24, 2.45) is 15.6 Å². The third kappa shape index (κ3) is 2.88. The summed E-state index contributed by atoms with van der Waals surface area (Å²) in [5.41, 5.74) is -1.74. The van der Waals surface area contributed by atoms with E-state index in [0.717, 1.165) is 4.90 Å². The third-order valence-electron chi connectivity index (χ3n) is 5.01. The Bertz CT molecular complexity index is 938. The number of nitrogens with zero attached hydrogens (tertiary/aromatic N) is 4. The molecule has 0 saturated carbocycles. The number of rotatable bonds is 4. The Morgan fingerprint density at radius 2 is 1.52 bits per heavy atom. The van der Waals surface area contributed by atoms with Gasteiger partial charge in [-0.3, -0.25) is 19.7 Å². The Morgan fingerprint density at radius 3 is 2.07 bits per heavy atom. The second-order valence-corrected chi connectivity index (χ2v) is 6.95. The highest BCUT2D eigenvalue weighted by Crippen LogP contribution is 2.46. The lowest BCUT2D eigenvalue weighted by molar-refractivity contribution is -0.384. The average molecular weight is 366 g/mol. The lowest BCUT2D eigenvalue weighted by atomic mass is 9.76. The maximum atomic E-state index is 13.1. The molecule has 0 N–H and O–H groups in total. The Morgan fingerprint density at radius 1 is 0.926 bits per heavy atom. The van der Waals surface area contributed by atoms with Gasteiger partial charge in [0.1, 0.15) is 0 Å². The smallest absolute Gasteiger partial charge is 0.269 e. The summed E-state index contributed by atoms with van der Waals surface area (Å²) in [5.74, 6) is -0.821. The molecule has 8 nitrogen and oxygen atoms in total. The molecule has 0 spiro atoms. The molecule has 1 aliphatic heterocycles. The monoisotopic (exact) mass is 366 g/mol. The van der Waals surface area contributed by atoms with Crippen LogP contribution in [0.2, 0.25) is 0 Å². The lowest BCUT2D eigenvalue weighted by Crippen LogP contribution is -2.43. The number of nitro benzene ring substituents is 1. The SMILES string of the molecule is CC1(C)C(=O)N(c2ccccc2)C(=O)C1(C)N=Nc1ccc([N+](=O)[O-])cc1. The van der Waals surface area contributed by atoms with Crippen LogP contribution in [0.4, 0.5) is 17.1 Å². The summed E-state index contributed by atoms with van der Waals surface area (Å²) < 4.78 is 0. The van der Waals surface area contributed by atoms with Crippen LogP contribution in [0.3, 0.4) is 0 Å². The van der Waals surface area contributed by atoms with Crippen molar-refractivity contribution in [2.75, 3.05) is 4.90 Å². The van der Waals surface area contributed by atoms with Crippen molar-refractivity contribution in [3.8, 4) is 0 Å². The summed E-state index contributed by atoms with van der Waals surface area (Å²) in [4.78, 5) is 37.3. The number of non-ortho nitro benzene ring substituents is 1. The van der Waals surface area contributed by atoms with Crippen LogP contribution in [0.5, 0.6) is 0 Å².